The summed E-state index contributed by atoms with van der Waals surface area (Å²) < 4.78 is 0. The van der Waals surface area contributed by atoms with Crippen LogP contribution in [0.3, 0.4) is 0 Å². The quantitative estimate of drug-likeness (QED) is 0.537. The maximum Gasteiger partial charge on any atom is 0.325 e. The van der Waals surface area contributed by atoms with E-state index in [9.17, 15) is 4.79 Å². The molecule has 0 aromatic heterocycles. The Labute approximate surface area is 68.3 Å². The molecule has 0 aromatic rings. The molecule has 0 N–H and O–H groups in total. The van der Waals surface area contributed by atoms with Gasteiger partial charge in [-0.15, -0.1) is 5.06 Å². The number of hydrogen-bond donors (Lipinski definition) is 0. The van der Waals surface area contributed by atoms with Crippen LogP contribution in [0.2, 0.25) is 0 Å². The molecule has 1 saturated heterocycles. The lowest BCUT2D eigenvalue weighted by molar-refractivity contribution is -0.180. The van der Waals surface area contributed by atoms with E-state index in [-0.39, 0.29) is 5.97 Å². The monoisotopic (exact) mass is 159 g/mol. The van der Waals surface area contributed by atoms with Crippen LogP contribution in [0.25, 0.3) is 0 Å². The first-order chi connectivity index (χ1) is 5.29. The van der Waals surface area contributed by atoms with E-state index in [1.165, 1.54) is 0 Å². The number of hydroxylamine groups is 2. The van der Waals surface area contributed by atoms with Crippen molar-refractivity contribution < 1.29 is 9.63 Å². The largest absolute Gasteiger partial charge is 0.368 e. The van der Waals surface area contributed by atoms with Crippen molar-refractivity contribution in [3.05, 3.63) is 0 Å². The Balaban J connectivity index is 0.000000461. The molecule has 0 atom stereocenters. The zero-order chi connectivity index (χ0) is 8.69. The SMILES string of the molecule is CC.CN1CCCCC(=O)O1. The van der Waals surface area contributed by atoms with Crippen molar-refractivity contribution in [3.8, 4) is 0 Å². The minimum absolute atomic E-state index is 0.102. The molecule has 0 aromatic carbocycles. The zero-order valence-corrected chi connectivity index (χ0v) is 7.59. The van der Waals surface area contributed by atoms with Crippen LogP contribution in [0.4, 0.5) is 0 Å². The predicted molar refractivity (Wildman–Crippen MR) is 43.9 cm³/mol. The van der Waals surface area contributed by atoms with Crippen LogP contribution in [-0.2, 0) is 9.63 Å². The van der Waals surface area contributed by atoms with E-state index in [0.717, 1.165) is 19.4 Å². The van der Waals surface area contributed by atoms with Crippen LogP contribution in [0.15, 0.2) is 0 Å². The highest BCUT2D eigenvalue weighted by Gasteiger charge is 2.11. The van der Waals surface area contributed by atoms with Crippen molar-refractivity contribution in [1.29, 1.82) is 0 Å². The molecule has 11 heavy (non-hydrogen) atoms. The molecule has 3 nitrogen and oxygen atoms in total. The summed E-state index contributed by atoms with van der Waals surface area (Å²) in [5.74, 6) is -0.102. The lowest BCUT2D eigenvalue weighted by atomic mass is 10.2. The molecule has 0 radical (unpaired) electrons. The van der Waals surface area contributed by atoms with Crippen LogP contribution in [0.1, 0.15) is 33.1 Å². The van der Waals surface area contributed by atoms with E-state index in [0.29, 0.717) is 6.42 Å². The van der Waals surface area contributed by atoms with E-state index in [1.807, 2.05) is 13.8 Å². The van der Waals surface area contributed by atoms with Crippen LogP contribution in [0, 0.1) is 0 Å². The van der Waals surface area contributed by atoms with Crippen molar-refractivity contribution >= 4 is 5.97 Å². The van der Waals surface area contributed by atoms with Crippen LogP contribution >= 0.6 is 0 Å². The summed E-state index contributed by atoms with van der Waals surface area (Å²) in [6.45, 7) is 4.87. The average Bonchev–Trinajstić information content (AvgIpc) is 2.18. The second kappa shape index (κ2) is 6.16. The van der Waals surface area contributed by atoms with Gasteiger partial charge in [0.1, 0.15) is 0 Å². The molecule has 1 heterocycles. The van der Waals surface area contributed by atoms with Gasteiger partial charge in [0.2, 0.25) is 0 Å². The molecule has 3 heteroatoms. The third-order valence-corrected chi connectivity index (χ3v) is 1.36. The van der Waals surface area contributed by atoms with Crippen molar-refractivity contribution in [3.63, 3.8) is 0 Å². The Morgan fingerprint density at radius 2 is 2.00 bits per heavy atom. The summed E-state index contributed by atoms with van der Waals surface area (Å²) in [4.78, 5) is 15.4. The van der Waals surface area contributed by atoms with Crippen molar-refractivity contribution in [1.82, 2.24) is 5.06 Å². The molecule has 66 valence electrons. The lowest BCUT2D eigenvalue weighted by Gasteiger charge is -2.10. The number of carbonyl (C=O) groups is 1. The molecule has 1 aliphatic rings. The highest BCUT2D eigenvalue weighted by molar-refractivity contribution is 5.69. The van der Waals surface area contributed by atoms with E-state index in [4.69, 9.17) is 4.84 Å². The van der Waals surface area contributed by atoms with Gasteiger partial charge in [-0.3, -0.25) is 4.79 Å². The molecule has 0 aliphatic carbocycles. The average molecular weight is 159 g/mol. The molecule has 0 spiro atoms. The number of rotatable bonds is 0. The Morgan fingerprint density at radius 1 is 1.36 bits per heavy atom. The van der Waals surface area contributed by atoms with Crippen LogP contribution < -0.4 is 0 Å². The molecule has 0 bridgehead atoms. The van der Waals surface area contributed by atoms with E-state index < -0.39 is 0 Å². The minimum atomic E-state index is -0.102. The fourth-order valence-electron chi connectivity index (χ4n) is 0.869. The van der Waals surface area contributed by atoms with Gasteiger partial charge in [0, 0.05) is 20.0 Å². The number of carbonyl (C=O) groups excluding carboxylic acids is 1. The fraction of sp³-hybridized carbons (Fsp3) is 0.875. The number of hydrogen-bond acceptors (Lipinski definition) is 3. The molecular weight excluding hydrogens is 142 g/mol. The first kappa shape index (κ1) is 10.4. The first-order valence-electron chi connectivity index (χ1n) is 4.21. The van der Waals surface area contributed by atoms with Gasteiger partial charge in [-0.05, 0) is 12.8 Å². The second-order valence-corrected chi connectivity index (χ2v) is 2.27. The molecule has 1 rings (SSSR count). The predicted octanol–water partition coefficient (Wildman–Crippen LogP) is 1.59. The maximum absolute atomic E-state index is 10.6. The van der Waals surface area contributed by atoms with E-state index >= 15 is 0 Å². The molecule has 0 unspecified atom stereocenters. The highest BCUT2D eigenvalue weighted by Crippen LogP contribution is 2.05. The molecule has 0 saturated carbocycles. The third-order valence-electron chi connectivity index (χ3n) is 1.36. The van der Waals surface area contributed by atoms with Crippen LogP contribution in [0.5, 0.6) is 0 Å². The third kappa shape index (κ3) is 4.79. The van der Waals surface area contributed by atoms with Gasteiger partial charge in [-0.2, -0.15) is 0 Å². The Morgan fingerprint density at radius 3 is 2.64 bits per heavy atom. The highest BCUT2D eigenvalue weighted by atomic mass is 16.7. The van der Waals surface area contributed by atoms with Gasteiger partial charge in [0.15, 0.2) is 0 Å². The van der Waals surface area contributed by atoms with Gasteiger partial charge in [0.05, 0.1) is 0 Å². The van der Waals surface area contributed by atoms with Gasteiger partial charge in [-0.1, -0.05) is 13.8 Å². The van der Waals surface area contributed by atoms with Gasteiger partial charge >= 0.3 is 5.97 Å². The Bertz CT molecular complexity index is 115. The summed E-state index contributed by atoms with van der Waals surface area (Å²) in [6.07, 6.45) is 2.59. The fourth-order valence-corrected chi connectivity index (χ4v) is 0.869. The normalized spacial score (nSPS) is 19.4. The van der Waals surface area contributed by atoms with Crippen molar-refractivity contribution in [2.75, 3.05) is 13.6 Å². The summed E-state index contributed by atoms with van der Waals surface area (Å²) in [7, 11) is 1.78. The molecule has 1 aliphatic heterocycles. The maximum atomic E-state index is 10.6. The zero-order valence-electron chi connectivity index (χ0n) is 7.59. The van der Waals surface area contributed by atoms with Gasteiger partial charge in [0.25, 0.3) is 0 Å². The lowest BCUT2D eigenvalue weighted by Crippen LogP contribution is -2.20. The summed E-state index contributed by atoms with van der Waals surface area (Å²) in [5, 5.41) is 1.59. The van der Waals surface area contributed by atoms with Crippen molar-refractivity contribution in [2.45, 2.75) is 33.1 Å². The van der Waals surface area contributed by atoms with E-state index in [2.05, 4.69) is 0 Å². The smallest absolute Gasteiger partial charge is 0.325 e. The second-order valence-electron chi connectivity index (χ2n) is 2.27. The summed E-state index contributed by atoms with van der Waals surface area (Å²) >= 11 is 0. The molecule has 0 amide bonds. The van der Waals surface area contributed by atoms with Gasteiger partial charge in [-0.25, -0.2) is 0 Å². The standard InChI is InChI=1S/C6H11NO2.C2H6/c1-7-5-3-2-4-6(8)9-7;1-2/h2-5H2,1H3;1-2H3. The minimum Gasteiger partial charge on any atom is -0.368 e. The topological polar surface area (TPSA) is 29.5 Å². The van der Waals surface area contributed by atoms with E-state index in [1.54, 1.807) is 12.1 Å². The van der Waals surface area contributed by atoms with Crippen LogP contribution in [-0.4, -0.2) is 24.6 Å². The molecule has 1 fully saturated rings. The number of nitrogens with zero attached hydrogens (tertiary/aromatic N) is 1. The Kier molecular flexibility index (Phi) is 5.84. The summed E-state index contributed by atoms with van der Waals surface area (Å²) in [5.41, 5.74) is 0. The Hall–Kier alpha value is -0.570. The van der Waals surface area contributed by atoms with Crippen molar-refractivity contribution in [2.24, 2.45) is 0 Å². The first-order valence-corrected chi connectivity index (χ1v) is 4.21. The molecular formula is C8H17NO2. The summed E-state index contributed by atoms with van der Waals surface area (Å²) in [6, 6.07) is 0. The van der Waals surface area contributed by atoms with Gasteiger partial charge < -0.3 is 4.84 Å².